The molecule has 0 spiro atoms. The second-order valence-corrected chi connectivity index (χ2v) is 5.79. The highest BCUT2D eigenvalue weighted by molar-refractivity contribution is 5.73. The van der Waals surface area contributed by atoms with Crippen LogP contribution >= 0.6 is 0 Å². The summed E-state index contributed by atoms with van der Waals surface area (Å²) in [5, 5.41) is 0. The molecular weight excluding hydrogens is 330 g/mol. The first-order chi connectivity index (χ1) is 12.7. The SMILES string of the molecule is Nc1nc(CCOCc2ccccc2)cn1C(=O)OCc1ccccc1. The number of anilines is 1. The Morgan fingerprint density at radius 2 is 1.58 bits per heavy atom. The molecule has 0 fully saturated rings. The Kier molecular flexibility index (Phi) is 6.01. The van der Waals surface area contributed by atoms with Crippen LogP contribution in [0.2, 0.25) is 0 Å². The Morgan fingerprint density at radius 1 is 0.962 bits per heavy atom. The summed E-state index contributed by atoms with van der Waals surface area (Å²) in [4.78, 5) is 16.3. The lowest BCUT2D eigenvalue weighted by Gasteiger charge is -2.05. The second-order valence-electron chi connectivity index (χ2n) is 5.79. The average Bonchev–Trinajstić information content (AvgIpc) is 3.06. The van der Waals surface area contributed by atoms with Gasteiger partial charge in [-0.25, -0.2) is 14.3 Å². The van der Waals surface area contributed by atoms with Gasteiger partial charge in [0.1, 0.15) is 6.61 Å². The molecule has 1 aromatic heterocycles. The predicted molar refractivity (Wildman–Crippen MR) is 98.5 cm³/mol. The van der Waals surface area contributed by atoms with E-state index in [1.165, 1.54) is 4.57 Å². The molecule has 2 N–H and O–H groups in total. The highest BCUT2D eigenvalue weighted by Crippen LogP contribution is 2.09. The molecule has 3 rings (SSSR count). The van der Waals surface area contributed by atoms with E-state index in [1.54, 1.807) is 6.20 Å². The Labute approximate surface area is 152 Å². The molecular formula is C20H21N3O3. The fourth-order valence-electron chi connectivity index (χ4n) is 2.44. The minimum Gasteiger partial charge on any atom is -0.444 e. The molecule has 6 nitrogen and oxygen atoms in total. The summed E-state index contributed by atoms with van der Waals surface area (Å²) in [6, 6.07) is 19.4. The summed E-state index contributed by atoms with van der Waals surface area (Å²) in [5.74, 6) is 0.112. The third-order valence-corrected chi connectivity index (χ3v) is 3.80. The van der Waals surface area contributed by atoms with Crippen LogP contribution in [0, 0.1) is 0 Å². The molecule has 0 aliphatic heterocycles. The van der Waals surface area contributed by atoms with E-state index in [0.717, 1.165) is 11.1 Å². The summed E-state index contributed by atoms with van der Waals surface area (Å²) in [6.45, 7) is 1.22. The Bertz CT molecular complexity index is 832. The molecule has 26 heavy (non-hydrogen) atoms. The van der Waals surface area contributed by atoms with Crippen molar-refractivity contribution in [2.45, 2.75) is 19.6 Å². The molecule has 0 unspecified atom stereocenters. The number of nitrogen functional groups attached to an aromatic ring is 1. The molecule has 0 amide bonds. The lowest BCUT2D eigenvalue weighted by Crippen LogP contribution is -2.15. The summed E-state index contributed by atoms with van der Waals surface area (Å²) in [6.07, 6.45) is 1.61. The van der Waals surface area contributed by atoms with Gasteiger partial charge in [0.25, 0.3) is 0 Å². The number of rotatable bonds is 7. The standard InChI is InChI=1S/C20H21N3O3/c21-19-22-18(11-12-25-14-16-7-3-1-4-8-16)13-23(19)20(24)26-15-17-9-5-2-6-10-17/h1-10,13H,11-12,14-15H2,(H2,21,22). The highest BCUT2D eigenvalue weighted by Gasteiger charge is 2.13. The molecule has 0 bridgehead atoms. The Morgan fingerprint density at radius 3 is 2.23 bits per heavy atom. The number of nitrogens with two attached hydrogens (primary N) is 1. The normalized spacial score (nSPS) is 10.6. The first-order valence-corrected chi connectivity index (χ1v) is 8.39. The molecule has 0 aliphatic carbocycles. The van der Waals surface area contributed by atoms with Crippen molar-refractivity contribution >= 4 is 12.0 Å². The molecule has 1 heterocycles. The maximum Gasteiger partial charge on any atom is 0.421 e. The van der Waals surface area contributed by atoms with Crippen LogP contribution in [0.15, 0.2) is 66.9 Å². The lowest BCUT2D eigenvalue weighted by molar-refractivity contribution is 0.123. The molecule has 2 aromatic carbocycles. The minimum atomic E-state index is -0.546. The van der Waals surface area contributed by atoms with Gasteiger partial charge in [-0.1, -0.05) is 60.7 Å². The van der Waals surface area contributed by atoms with E-state index in [-0.39, 0.29) is 12.6 Å². The van der Waals surface area contributed by atoms with Crippen molar-refractivity contribution in [2.24, 2.45) is 0 Å². The van der Waals surface area contributed by atoms with Crippen LogP contribution in [0.25, 0.3) is 0 Å². The number of hydrogen-bond donors (Lipinski definition) is 1. The van der Waals surface area contributed by atoms with Gasteiger partial charge in [-0.3, -0.25) is 0 Å². The maximum atomic E-state index is 12.2. The van der Waals surface area contributed by atoms with Gasteiger partial charge >= 0.3 is 6.09 Å². The summed E-state index contributed by atoms with van der Waals surface area (Å²) < 4.78 is 12.1. The fraction of sp³-hybridized carbons (Fsp3) is 0.200. The van der Waals surface area contributed by atoms with Crippen molar-refractivity contribution in [3.8, 4) is 0 Å². The van der Waals surface area contributed by atoms with E-state index in [1.807, 2.05) is 60.7 Å². The maximum absolute atomic E-state index is 12.2. The molecule has 0 saturated carbocycles. The zero-order chi connectivity index (χ0) is 18.2. The van der Waals surface area contributed by atoms with E-state index in [4.69, 9.17) is 15.2 Å². The van der Waals surface area contributed by atoms with E-state index in [0.29, 0.717) is 25.3 Å². The Balaban J connectivity index is 1.47. The fourth-order valence-corrected chi connectivity index (χ4v) is 2.44. The summed E-state index contributed by atoms with van der Waals surface area (Å²) in [5.41, 5.74) is 8.53. The predicted octanol–water partition coefficient (Wildman–Crippen LogP) is 3.41. The number of benzene rings is 2. The van der Waals surface area contributed by atoms with Crippen molar-refractivity contribution in [1.29, 1.82) is 0 Å². The first-order valence-electron chi connectivity index (χ1n) is 8.39. The molecule has 0 atom stereocenters. The van der Waals surface area contributed by atoms with E-state index < -0.39 is 6.09 Å². The van der Waals surface area contributed by atoms with Gasteiger partial charge in [-0.15, -0.1) is 0 Å². The van der Waals surface area contributed by atoms with Crippen LogP contribution in [0.1, 0.15) is 16.8 Å². The van der Waals surface area contributed by atoms with Gasteiger partial charge in [0, 0.05) is 12.6 Å². The Hall–Kier alpha value is -3.12. The molecule has 0 aliphatic rings. The monoisotopic (exact) mass is 351 g/mol. The van der Waals surface area contributed by atoms with Gasteiger partial charge in [-0.2, -0.15) is 0 Å². The minimum absolute atomic E-state index is 0.112. The average molecular weight is 351 g/mol. The molecule has 0 saturated heterocycles. The number of nitrogens with zero attached hydrogens (tertiary/aromatic N) is 2. The van der Waals surface area contributed by atoms with Crippen LogP contribution < -0.4 is 5.73 Å². The number of hydrogen-bond acceptors (Lipinski definition) is 5. The molecule has 6 heteroatoms. The van der Waals surface area contributed by atoms with Gasteiger partial charge in [0.2, 0.25) is 5.95 Å². The van der Waals surface area contributed by atoms with Gasteiger partial charge in [0.05, 0.1) is 18.9 Å². The third kappa shape index (κ3) is 4.94. The van der Waals surface area contributed by atoms with Crippen LogP contribution in [0.3, 0.4) is 0 Å². The lowest BCUT2D eigenvalue weighted by atomic mass is 10.2. The van der Waals surface area contributed by atoms with Crippen molar-refractivity contribution < 1.29 is 14.3 Å². The third-order valence-electron chi connectivity index (χ3n) is 3.80. The number of ether oxygens (including phenoxy) is 2. The highest BCUT2D eigenvalue weighted by atomic mass is 16.5. The second kappa shape index (κ2) is 8.82. The van der Waals surface area contributed by atoms with Gasteiger partial charge < -0.3 is 15.2 Å². The number of aromatic nitrogens is 2. The largest absolute Gasteiger partial charge is 0.444 e. The van der Waals surface area contributed by atoms with Crippen molar-refractivity contribution in [1.82, 2.24) is 9.55 Å². The van der Waals surface area contributed by atoms with E-state index in [2.05, 4.69) is 4.98 Å². The molecule has 0 radical (unpaired) electrons. The van der Waals surface area contributed by atoms with Crippen molar-refractivity contribution in [3.05, 3.63) is 83.7 Å². The van der Waals surface area contributed by atoms with Crippen LogP contribution in [0.5, 0.6) is 0 Å². The van der Waals surface area contributed by atoms with E-state index >= 15 is 0 Å². The van der Waals surface area contributed by atoms with Crippen LogP contribution in [-0.2, 0) is 29.1 Å². The van der Waals surface area contributed by atoms with Gasteiger partial charge in [0.15, 0.2) is 0 Å². The van der Waals surface area contributed by atoms with Gasteiger partial charge in [-0.05, 0) is 11.1 Å². The summed E-state index contributed by atoms with van der Waals surface area (Å²) >= 11 is 0. The topological polar surface area (TPSA) is 79.4 Å². The zero-order valence-corrected chi connectivity index (χ0v) is 14.4. The number of imidazole rings is 1. The van der Waals surface area contributed by atoms with Crippen LogP contribution in [0.4, 0.5) is 10.7 Å². The number of carbonyl (C=O) groups excluding carboxylic acids is 1. The summed E-state index contributed by atoms with van der Waals surface area (Å²) in [7, 11) is 0. The quantitative estimate of drug-likeness (QED) is 0.660. The first kappa shape index (κ1) is 17.7. The van der Waals surface area contributed by atoms with E-state index in [9.17, 15) is 4.79 Å². The molecule has 134 valence electrons. The molecule has 3 aromatic rings. The van der Waals surface area contributed by atoms with Crippen molar-refractivity contribution in [2.75, 3.05) is 12.3 Å². The number of carbonyl (C=O) groups is 1. The smallest absolute Gasteiger partial charge is 0.421 e. The zero-order valence-electron chi connectivity index (χ0n) is 14.4. The van der Waals surface area contributed by atoms with Crippen LogP contribution in [-0.4, -0.2) is 22.3 Å². The van der Waals surface area contributed by atoms with Crippen molar-refractivity contribution in [3.63, 3.8) is 0 Å².